The van der Waals surface area contributed by atoms with E-state index in [1.165, 1.54) is 31.2 Å². The van der Waals surface area contributed by atoms with E-state index in [1.807, 2.05) is 6.92 Å². The molecule has 202 valence electrons. The quantitative estimate of drug-likeness (QED) is 0.401. The van der Waals surface area contributed by atoms with E-state index in [2.05, 4.69) is 5.32 Å². The van der Waals surface area contributed by atoms with Gasteiger partial charge < -0.3 is 19.7 Å². The summed E-state index contributed by atoms with van der Waals surface area (Å²) in [6.07, 6.45) is 0. The topological polar surface area (TPSA) is 105 Å². The van der Waals surface area contributed by atoms with Crippen LogP contribution >= 0.6 is 0 Å². The summed E-state index contributed by atoms with van der Waals surface area (Å²) in [5.41, 5.74) is 2.03. The summed E-state index contributed by atoms with van der Waals surface area (Å²) in [5.74, 6) is 0.260. The average molecular weight is 540 g/mol. The molecule has 0 saturated carbocycles. The fourth-order valence-electron chi connectivity index (χ4n) is 3.83. The summed E-state index contributed by atoms with van der Waals surface area (Å²) < 4.78 is 39.0. The molecule has 10 heteroatoms. The van der Waals surface area contributed by atoms with Gasteiger partial charge in [-0.1, -0.05) is 29.8 Å². The Balaban J connectivity index is 2.01. The smallest absolute Gasteiger partial charge is 0.264 e. The highest BCUT2D eigenvalue weighted by molar-refractivity contribution is 7.92. The number of sulfonamides is 1. The summed E-state index contributed by atoms with van der Waals surface area (Å²) in [6.45, 7) is 3.09. The molecular weight excluding hydrogens is 506 g/mol. The van der Waals surface area contributed by atoms with E-state index >= 15 is 0 Å². The molecule has 9 nitrogen and oxygen atoms in total. The number of benzene rings is 3. The van der Waals surface area contributed by atoms with Crippen molar-refractivity contribution in [3.63, 3.8) is 0 Å². The Kier molecular flexibility index (Phi) is 9.35. The van der Waals surface area contributed by atoms with Crippen LogP contribution in [0.1, 0.15) is 18.1 Å². The SMILES string of the molecule is CNC(=O)[C@@H](C)N(Cc1ccc(OC)cc1)C(=O)CN(c1ccc(C)cc1)S(=O)(=O)c1ccc(OC)cc1. The predicted molar refractivity (Wildman–Crippen MR) is 146 cm³/mol. The minimum absolute atomic E-state index is 0.00716. The molecule has 3 aromatic carbocycles. The second-order valence-electron chi connectivity index (χ2n) is 8.68. The van der Waals surface area contributed by atoms with Crippen LogP contribution in [-0.2, 0) is 26.2 Å². The number of rotatable bonds is 11. The number of ether oxygens (including phenoxy) is 2. The zero-order valence-corrected chi connectivity index (χ0v) is 23.0. The van der Waals surface area contributed by atoms with Crippen molar-refractivity contribution in [1.29, 1.82) is 0 Å². The minimum Gasteiger partial charge on any atom is -0.497 e. The monoisotopic (exact) mass is 539 g/mol. The third-order valence-corrected chi connectivity index (χ3v) is 7.96. The van der Waals surface area contributed by atoms with Gasteiger partial charge in [0.2, 0.25) is 11.8 Å². The largest absolute Gasteiger partial charge is 0.497 e. The van der Waals surface area contributed by atoms with E-state index in [0.717, 1.165) is 15.4 Å². The molecule has 0 saturated heterocycles. The zero-order chi connectivity index (χ0) is 27.9. The molecule has 0 fully saturated rings. The molecule has 38 heavy (non-hydrogen) atoms. The molecule has 0 bridgehead atoms. The number of anilines is 1. The van der Waals surface area contributed by atoms with E-state index in [4.69, 9.17) is 9.47 Å². The van der Waals surface area contributed by atoms with Gasteiger partial charge in [-0.2, -0.15) is 0 Å². The van der Waals surface area contributed by atoms with Gasteiger partial charge in [-0.3, -0.25) is 13.9 Å². The molecule has 0 heterocycles. The summed E-state index contributed by atoms with van der Waals surface area (Å²) >= 11 is 0. The zero-order valence-electron chi connectivity index (χ0n) is 22.2. The van der Waals surface area contributed by atoms with E-state index < -0.39 is 28.5 Å². The van der Waals surface area contributed by atoms with E-state index in [1.54, 1.807) is 74.7 Å². The second kappa shape index (κ2) is 12.5. The van der Waals surface area contributed by atoms with Crippen LogP contribution in [0.25, 0.3) is 0 Å². The van der Waals surface area contributed by atoms with Gasteiger partial charge in [-0.05, 0) is 67.9 Å². The van der Waals surface area contributed by atoms with Crippen molar-refractivity contribution < 1.29 is 27.5 Å². The highest BCUT2D eigenvalue weighted by atomic mass is 32.2. The molecule has 0 aromatic heterocycles. The van der Waals surface area contributed by atoms with Gasteiger partial charge in [0.1, 0.15) is 24.1 Å². The van der Waals surface area contributed by atoms with Crippen LogP contribution in [0.2, 0.25) is 0 Å². The van der Waals surface area contributed by atoms with Crippen LogP contribution in [0.5, 0.6) is 11.5 Å². The number of amides is 2. The van der Waals surface area contributed by atoms with Crippen molar-refractivity contribution in [3.05, 3.63) is 83.9 Å². The number of aryl methyl sites for hydroxylation is 1. The molecule has 0 unspecified atom stereocenters. The Morgan fingerprint density at radius 3 is 1.89 bits per heavy atom. The standard InChI is InChI=1S/C28H33N3O6S/c1-20-6-10-23(11-7-20)31(38(34,35)26-16-14-25(37-5)15-17-26)19-27(32)30(21(2)28(33)29-3)18-22-8-12-24(36-4)13-9-22/h6-17,21H,18-19H2,1-5H3,(H,29,33)/t21-/m1/s1. The van der Waals surface area contributed by atoms with E-state index in [0.29, 0.717) is 17.2 Å². The molecule has 1 atom stereocenters. The lowest BCUT2D eigenvalue weighted by Crippen LogP contribution is -2.50. The molecular formula is C28H33N3O6S. The Hall–Kier alpha value is -4.05. The van der Waals surface area contributed by atoms with Crippen LogP contribution in [-0.4, -0.2) is 59.0 Å². The first-order chi connectivity index (χ1) is 18.1. The lowest BCUT2D eigenvalue weighted by molar-refractivity contribution is -0.139. The average Bonchev–Trinajstić information content (AvgIpc) is 2.94. The van der Waals surface area contributed by atoms with Gasteiger partial charge in [-0.25, -0.2) is 8.42 Å². The fourth-order valence-corrected chi connectivity index (χ4v) is 5.25. The van der Waals surface area contributed by atoms with Crippen molar-refractivity contribution in [1.82, 2.24) is 10.2 Å². The number of carbonyl (C=O) groups is 2. The summed E-state index contributed by atoms with van der Waals surface area (Å²) in [7, 11) is 0.396. The van der Waals surface area contributed by atoms with Crippen LogP contribution in [0.3, 0.4) is 0 Å². The van der Waals surface area contributed by atoms with Crippen LogP contribution in [0.15, 0.2) is 77.7 Å². The number of likely N-dealkylation sites (N-methyl/N-ethyl adjacent to an activating group) is 1. The maximum atomic E-state index is 13.8. The van der Waals surface area contributed by atoms with Crippen molar-refractivity contribution >= 4 is 27.5 Å². The Bertz CT molecular complexity index is 1340. The lowest BCUT2D eigenvalue weighted by Gasteiger charge is -2.31. The molecule has 0 radical (unpaired) electrons. The lowest BCUT2D eigenvalue weighted by atomic mass is 10.1. The number of nitrogens with one attached hydrogen (secondary N) is 1. The molecule has 3 rings (SSSR count). The van der Waals surface area contributed by atoms with Crippen molar-refractivity contribution in [2.24, 2.45) is 0 Å². The maximum absolute atomic E-state index is 13.8. The van der Waals surface area contributed by atoms with Gasteiger partial charge in [0.05, 0.1) is 24.8 Å². The fraction of sp³-hybridized carbons (Fsp3) is 0.286. The minimum atomic E-state index is -4.14. The van der Waals surface area contributed by atoms with Gasteiger partial charge in [0, 0.05) is 13.6 Å². The molecule has 0 spiro atoms. The number of methoxy groups -OCH3 is 2. The second-order valence-corrected chi connectivity index (χ2v) is 10.5. The molecule has 0 aliphatic heterocycles. The highest BCUT2D eigenvalue weighted by Gasteiger charge is 2.32. The first-order valence-corrected chi connectivity index (χ1v) is 13.4. The van der Waals surface area contributed by atoms with Crippen LogP contribution in [0.4, 0.5) is 5.69 Å². The number of carbonyl (C=O) groups excluding carboxylic acids is 2. The first-order valence-electron chi connectivity index (χ1n) is 12.0. The van der Waals surface area contributed by atoms with Gasteiger partial charge >= 0.3 is 0 Å². The third-order valence-electron chi connectivity index (χ3n) is 6.17. The highest BCUT2D eigenvalue weighted by Crippen LogP contribution is 2.26. The molecule has 2 amide bonds. The van der Waals surface area contributed by atoms with Crippen molar-refractivity contribution in [3.8, 4) is 11.5 Å². The van der Waals surface area contributed by atoms with E-state index in [9.17, 15) is 18.0 Å². The summed E-state index contributed by atoms with van der Waals surface area (Å²) in [4.78, 5) is 27.7. The number of nitrogens with zero attached hydrogens (tertiary/aromatic N) is 2. The maximum Gasteiger partial charge on any atom is 0.264 e. The molecule has 0 aliphatic rings. The number of hydrogen-bond donors (Lipinski definition) is 1. The number of hydrogen-bond acceptors (Lipinski definition) is 6. The van der Waals surface area contributed by atoms with Gasteiger partial charge in [-0.15, -0.1) is 0 Å². The summed E-state index contributed by atoms with van der Waals surface area (Å²) in [6, 6.07) is 19.1. The van der Waals surface area contributed by atoms with E-state index in [-0.39, 0.29) is 17.3 Å². The Labute approximate surface area is 224 Å². The van der Waals surface area contributed by atoms with Crippen LogP contribution in [0, 0.1) is 6.92 Å². The van der Waals surface area contributed by atoms with Gasteiger partial charge in [0.15, 0.2) is 0 Å². The molecule has 0 aliphatic carbocycles. The Morgan fingerprint density at radius 2 is 1.39 bits per heavy atom. The van der Waals surface area contributed by atoms with Gasteiger partial charge in [0.25, 0.3) is 10.0 Å². The predicted octanol–water partition coefficient (Wildman–Crippen LogP) is 3.37. The normalized spacial score (nSPS) is 11.8. The molecule has 1 N–H and O–H groups in total. The Morgan fingerprint density at radius 1 is 0.868 bits per heavy atom. The summed E-state index contributed by atoms with van der Waals surface area (Å²) in [5, 5.41) is 2.57. The van der Waals surface area contributed by atoms with Crippen molar-refractivity contribution in [2.45, 2.75) is 31.3 Å². The van der Waals surface area contributed by atoms with Crippen LogP contribution < -0.4 is 19.1 Å². The molecule has 3 aromatic rings. The first kappa shape index (κ1) is 28.5. The third kappa shape index (κ3) is 6.63. The van der Waals surface area contributed by atoms with Crippen molar-refractivity contribution in [2.75, 3.05) is 32.1 Å².